The minimum absolute atomic E-state index is 0.633. The van der Waals surface area contributed by atoms with Crippen LogP contribution in [-0.2, 0) is 6.54 Å². The van der Waals surface area contributed by atoms with Gasteiger partial charge in [0.1, 0.15) is 5.82 Å². The van der Waals surface area contributed by atoms with Gasteiger partial charge in [-0.2, -0.15) is 0 Å². The van der Waals surface area contributed by atoms with Gasteiger partial charge in [-0.05, 0) is 39.9 Å². The number of likely N-dealkylation sites (tertiary alicyclic amines) is 1. The molecule has 2 rings (SSSR count). The molecule has 1 fully saturated rings. The third-order valence-electron chi connectivity index (χ3n) is 3.90. The van der Waals surface area contributed by atoms with Crippen molar-refractivity contribution in [3.8, 4) is 0 Å². The fourth-order valence-corrected chi connectivity index (χ4v) is 2.66. The van der Waals surface area contributed by atoms with Gasteiger partial charge in [0.2, 0.25) is 0 Å². The van der Waals surface area contributed by atoms with Crippen molar-refractivity contribution in [2.75, 3.05) is 39.0 Å². The molecular formula is C15H27N5. The van der Waals surface area contributed by atoms with Gasteiger partial charge in [0.05, 0.1) is 18.1 Å². The number of hydrogen-bond donors (Lipinski definition) is 1. The highest BCUT2D eigenvalue weighted by molar-refractivity contribution is 5.30. The molecule has 0 aromatic carbocycles. The van der Waals surface area contributed by atoms with Crippen LogP contribution in [0.1, 0.15) is 31.9 Å². The highest BCUT2D eigenvalue weighted by atomic mass is 15.2. The van der Waals surface area contributed by atoms with Gasteiger partial charge in [0.25, 0.3) is 0 Å². The molecule has 0 aliphatic carbocycles. The summed E-state index contributed by atoms with van der Waals surface area (Å²) in [6.45, 7) is 6.34. The first kappa shape index (κ1) is 15.2. The maximum atomic E-state index is 4.51. The highest BCUT2D eigenvalue weighted by Gasteiger charge is 2.21. The van der Waals surface area contributed by atoms with E-state index in [0.29, 0.717) is 6.04 Å². The number of hydrogen-bond acceptors (Lipinski definition) is 5. The molecule has 1 atom stereocenters. The molecule has 0 amide bonds. The fourth-order valence-electron chi connectivity index (χ4n) is 2.66. The van der Waals surface area contributed by atoms with E-state index in [9.17, 15) is 0 Å². The van der Waals surface area contributed by atoms with Gasteiger partial charge in [-0.1, -0.05) is 6.92 Å². The summed E-state index contributed by atoms with van der Waals surface area (Å²) < 4.78 is 0. The Morgan fingerprint density at radius 3 is 2.90 bits per heavy atom. The van der Waals surface area contributed by atoms with Gasteiger partial charge in [0.15, 0.2) is 0 Å². The Balaban J connectivity index is 1.85. The average Bonchev–Trinajstić information content (AvgIpc) is 2.46. The van der Waals surface area contributed by atoms with Gasteiger partial charge in [-0.25, -0.2) is 4.98 Å². The molecule has 20 heavy (non-hydrogen) atoms. The standard InChI is InChI=1S/C15H27N5/c1-4-7-16-15-10-17-13(9-18-15)11-20(3)14-6-5-8-19(2)12-14/h9-10,14H,4-8,11-12H2,1-3H3,(H,16,18). The molecule has 0 radical (unpaired) electrons. The second kappa shape index (κ2) is 7.55. The lowest BCUT2D eigenvalue weighted by Gasteiger charge is -2.35. The topological polar surface area (TPSA) is 44.3 Å². The molecule has 1 aromatic rings. The van der Waals surface area contributed by atoms with Crippen molar-refractivity contribution in [3.05, 3.63) is 18.1 Å². The van der Waals surface area contributed by atoms with E-state index < -0.39 is 0 Å². The van der Waals surface area contributed by atoms with E-state index in [4.69, 9.17) is 0 Å². The van der Waals surface area contributed by atoms with Crippen molar-refractivity contribution < 1.29 is 0 Å². The summed E-state index contributed by atoms with van der Waals surface area (Å²) in [6.07, 6.45) is 7.40. The van der Waals surface area contributed by atoms with Crippen molar-refractivity contribution in [1.29, 1.82) is 0 Å². The third-order valence-corrected chi connectivity index (χ3v) is 3.90. The molecule has 1 aliphatic heterocycles. The van der Waals surface area contributed by atoms with Gasteiger partial charge in [0, 0.05) is 25.7 Å². The molecule has 2 heterocycles. The van der Waals surface area contributed by atoms with Crippen LogP contribution in [0.15, 0.2) is 12.4 Å². The fraction of sp³-hybridized carbons (Fsp3) is 0.733. The predicted molar refractivity (Wildman–Crippen MR) is 82.8 cm³/mol. The Bertz CT molecular complexity index is 392. The van der Waals surface area contributed by atoms with Gasteiger partial charge >= 0.3 is 0 Å². The summed E-state index contributed by atoms with van der Waals surface area (Å²) in [5.41, 5.74) is 1.04. The molecule has 112 valence electrons. The summed E-state index contributed by atoms with van der Waals surface area (Å²) >= 11 is 0. The second-order valence-corrected chi connectivity index (χ2v) is 5.79. The molecule has 0 saturated carbocycles. The zero-order valence-corrected chi connectivity index (χ0v) is 13.0. The van der Waals surface area contributed by atoms with Crippen LogP contribution in [0.5, 0.6) is 0 Å². The summed E-state index contributed by atoms with van der Waals surface area (Å²) in [7, 11) is 4.39. The molecule has 1 N–H and O–H groups in total. The molecule has 1 aromatic heterocycles. The van der Waals surface area contributed by atoms with E-state index in [2.05, 4.69) is 46.1 Å². The first-order valence-corrected chi connectivity index (χ1v) is 7.62. The Morgan fingerprint density at radius 1 is 1.40 bits per heavy atom. The van der Waals surface area contributed by atoms with E-state index in [0.717, 1.165) is 37.6 Å². The average molecular weight is 277 g/mol. The molecule has 5 nitrogen and oxygen atoms in total. The zero-order chi connectivity index (χ0) is 14.4. The Labute approximate surface area is 122 Å². The van der Waals surface area contributed by atoms with E-state index >= 15 is 0 Å². The van der Waals surface area contributed by atoms with Crippen LogP contribution in [0.25, 0.3) is 0 Å². The predicted octanol–water partition coefficient (Wildman–Crippen LogP) is 1.82. The first-order valence-electron chi connectivity index (χ1n) is 7.62. The third kappa shape index (κ3) is 4.42. The van der Waals surface area contributed by atoms with Crippen LogP contribution in [0.2, 0.25) is 0 Å². The number of nitrogens with zero attached hydrogens (tertiary/aromatic N) is 4. The second-order valence-electron chi connectivity index (χ2n) is 5.79. The SMILES string of the molecule is CCCNc1cnc(CN(C)C2CCCN(C)C2)cn1. The summed E-state index contributed by atoms with van der Waals surface area (Å²) in [4.78, 5) is 13.7. The normalized spacial score (nSPS) is 20.3. The van der Waals surface area contributed by atoms with Gasteiger partial charge < -0.3 is 10.2 Å². The van der Waals surface area contributed by atoms with Crippen molar-refractivity contribution in [1.82, 2.24) is 19.8 Å². The Hall–Kier alpha value is -1.20. The van der Waals surface area contributed by atoms with Crippen molar-refractivity contribution in [2.45, 2.75) is 38.8 Å². The quantitative estimate of drug-likeness (QED) is 0.859. The lowest BCUT2D eigenvalue weighted by Crippen LogP contribution is -2.44. The molecule has 0 bridgehead atoms. The number of anilines is 1. The van der Waals surface area contributed by atoms with Crippen molar-refractivity contribution in [2.24, 2.45) is 0 Å². The number of piperidine rings is 1. The monoisotopic (exact) mass is 277 g/mol. The smallest absolute Gasteiger partial charge is 0.144 e. The van der Waals surface area contributed by atoms with Crippen LogP contribution in [0.4, 0.5) is 5.82 Å². The first-order chi connectivity index (χ1) is 9.69. The molecule has 0 spiro atoms. The van der Waals surface area contributed by atoms with E-state index in [1.54, 1.807) is 0 Å². The summed E-state index contributed by atoms with van der Waals surface area (Å²) in [5, 5.41) is 3.25. The molecule has 5 heteroatoms. The lowest BCUT2D eigenvalue weighted by molar-refractivity contribution is 0.128. The maximum absolute atomic E-state index is 4.51. The molecule has 1 unspecified atom stereocenters. The Kier molecular flexibility index (Phi) is 5.73. The number of aromatic nitrogens is 2. The summed E-state index contributed by atoms with van der Waals surface area (Å²) in [5.74, 6) is 0.871. The largest absolute Gasteiger partial charge is 0.369 e. The molecule has 1 saturated heterocycles. The minimum Gasteiger partial charge on any atom is -0.369 e. The Morgan fingerprint density at radius 2 is 2.25 bits per heavy atom. The minimum atomic E-state index is 0.633. The van der Waals surface area contributed by atoms with Crippen LogP contribution in [0.3, 0.4) is 0 Å². The zero-order valence-electron chi connectivity index (χ0n) is 13.0. The molecular weight excluding hydrogens is 250 g/mol. The highest BCUT2D eigenvalue weighted by Crippen LogP contribution is 2.15. The number of rotatable bonds is 6. The maximum Gasteiger partial charge on any atom is 0.144 e. The van der Waals surface area contributed by atoms with Gasteiger partial charge in [-0.3, -0.25) is 9.88 Å². The van der Waals surface area contributed by atoms with Crippen LogP contribution < -0.4 is 5.32 Å². The lowest BCUT2D eigenvalue weighted by atomic mass is 10.1. The van der Waals surface area contributed by atoms with Gasteiger partial charge in [-0.15, -0.1) is 0 Å². The van der Waals surface area contributed by atoms with E-state index in [1.807, 2.05) is 12.4 Å². The van der Waals surface area contributed by atoms with E-state index in [-0.39, 0.29) is 0 Å². The summed E-state index contributed by atoms with van der Waals surface area (Å²) in [6, 6.07) is 0.633. The molecule has 1 aliphatic rings. The number of nitrogens with one attached hydrogen (secondary N) is 1. The van der Waals surface area contributed by atoms with Crippen LogP contribution in [0, 0.1) is 0 Å². The number of likely N-dealkylation sites (N-methyl/N-ethyl adjacent to an activating group) is 2. The van der Waals surface area contributed by atoms with Crippen LogP contribution >= 0.6 is 0 Å². The van der Waals surface area contributed by atoms with E-state index in [1.165, 1.54) is 19.4 Å². The van der Waals surface area contributed by atoms with Crippen molar-refractivity contribution >= 4 is 5.82 Å². The van der Waals surface area contributed by atoms with Crippen molar-refractivity contribution in [3.63, 3.8) is 0 Å². The van der Waals surface area contributed by atoms with Crippen LogP contribution in [-0.4, -0.2) is 59.5 Å².